The molecule has 0 saturated heterocycles. The number of thiophene rings is 2. The maximum absolute atomic E-state index is 5.16. The molecule has 38 heavy (non-hydrogen) atoms. The van der Waals surface area contributed by atoms with Gasteiger partial charge in [0.15, 0.2) is 17.5 Å². The summed E-state index contributed by atoms with van der Waals surface area (Å²) >= 11 is 3.61. The molecule has 0 aliphatic rings. The SMILES string of the molecule is c1ccc(-c2nc(-c3cccc4sc5ccccc5c34)nc(-c3cccc4sc5ccccc5c34)n2)cc1. The lowest BCUT2D eigenvalue weighted by atomic mass is 10.0. The number of rotatable bonds is 3. The van der Waals surface area contributed by atoms with Gasteiger partial charge < -0.3 is 0 Å². The molecule has 178 valence electrons. The molecule has 0 aliphatic heterocycles. The van der Waals surface area contributed by atoms with Crippen LogP contribution in [0.5, 0.6) is 0 Å². The summed E-state index contributed by atoms with van der Waals surface area (Å²) in [5.74, 6) is 2.07. The van der Waals surface area contributed by atoms with Crippen LogP contribution in [0, 0.1) is 0 Å². The smallest absolute Gasteiger partial charge is 0.164 e. The third-order valence-corrected chi connectivity index (χ3v) is 9.23. The Morgan fingerprint density at radius 1 is 0.368 bits per heavy atom. The van der Waals surface area contributed by atoms with Crippen molar-refractivity contribution in [3.05, 3.63) is 115 Å². The lowest BCUT2D eigenvalue weighted by Gasteiger charge is -2.10. The molecule has 0 amide bonds. The summed E-state index contributed by atoms with van der Waals surface area (Å²) < 4.78 is 5.00. The van der Waals surface area contributed by atoms with Gasteiger partial charge in [0.2, 0.25) is 0 Å². The molecule has 0 N–H and O–H groups in total. The lowest BCUT2D eigenvalue weighted by Crippen LogP contribution is -2.00. The molecule has 0 atom stereocenters. The average Bonchev–Trinajstić information content (AvgIpc) is 3.56. The van der Waals surface area contributed by atoms with Crippen LogP contribution in [-0.2, 0) is 0 Å². The van der Waals surface area contributed by atoms with Gasteiger partial charge >= 0.3 is 0 Å². The number of fused-ring (bicyclic) bond motifs is 6. The Kier molecular flexibility index (Phi) is 4.87. The van der Waals surface area contributed by atoms with Crippen LogP contribution in [0.3, 0.4) is 0 Å². The van der Waals surface area contributed by atoms with Crippen molar-refractivity contribution >= 4 is 63.0 Å². The topological polar surface area (TPSA) is 38.7 Å². The first-order valence-electron chi connectivity index (χ1n) is 12.5. The molecule has 0 unspecified atom stereocenters. The fraction of sp³-hybridized carbons (Fsp3) is 0. The molecule has 3 nitrogen and oxygen atoms in total. The van der Waals surface area contributed by atoms with Gasteiger partial charge in [0, 0.05) is 57.0 Å². The molecule has 5 aromatic carbocycles. The van der Waals surface area contributed by atoms with Gasteiger partial charge in [0.05, 0.1) is 0 Å². The van der Waals surface area contributed by atoms with Crippen molar-refractivity contribution in [2.24, 2.45) is 0 Å². The van der Waals surface area contributed by atoms with Crippen LogP contribution in [0.25, 0.3) is 74.5 Å². The van der Waals surface area contributed by atoms with E-state index in [1.165, 1.54) is 40.3 Å². The van der Waals surface area contributed by atoms with Crippen LogP contribution in [0.4, 0.5) is 0 Å². The Morgan fingerprint density at radius 3 is 1.37 bits per heavy atom. The fourth-order valence-electron chi connectivity index (χ4n) is 5.26. The van der Waals surface area contributed by atoms with E-state index in [-0.39, 0.29) is 0 Å². The summed E-state index contributed by atoms with van der Waals surface area (Å²) in [5, 5.41) is 4.86. The highest BCUT2D eigenvalue weighted by molar-refractivity contribution is 7.26. The zero-order valence-corrected chi connectivity index (χ0v) is 21.8. The van der Waals surface area contributed by atoms with Crippen molar-refractivity contribution in [1.82, 2.24) is 15.0 Å². The minimum atomic E-state index is 0.679. The van der Waals surface area contributed by atoms with Crippen LogP contribution >= 0.6 is 22.7 Å². The maximum atomic E-state index is 5.16. The van der Waals surface area contributed by atoms with Gasteiger partial charge in [-0.05, 0) is 24.3 Å². The first-order valence-corrected chi connectivity index (χ1v) is 14.1. The van der Waals surface area contributed by atoms with Gasteiger partial charge in [-0.25, -0.2) is 15.0 Å². The van der Waals surface area contributed by atoms with Crippen molar-refractivity contribution in [3.63, 3.8) is 0 Å². The summed E-state index contributed by atoms with van der Waals surface area (Å²) in [6.45, 7) is 0. The largest absolute Gasteiger partial charge is 0.208 e. The van der Waals surface area contributed by atoms with Gasteiger partial charge in [0.1, 0.15) is 0 Å². The minimum Gasteiger partial charge on any atom is -0.208 e. The second kappa shape index (κ2) is 8.55. The monoisotopic (exact) mass is 521 g/mol. The molecule has 3 aromatic heterocycles. The number of aromatic nitrogens is 3. The molecular formula is C33H19N3S2. The van der Waals surface area contributed by atoms with Crippen molar-refractivity contribution in [3.8, 4) is 34.2 Å². The van der Waals surface area contributed by atoms with Crippen LogP contribution < -0.4 is 0 Å². The van der Waals surface area contributed by atoms with E-state index in [9.17, 15) is 0 Å². The highest BCUT2D eigenvalue weighted by atomic mass is 32.1. The van der Waals surface area contributed by atoms with Crippen molar-refractivity contribution in [1.29, 1.82) is 0 Å². The van der Waals surface area contributed by atoms with Gasteiger partial charge in [0.25, 0.3) is 0 Å². The molecule has 0 radical (unpaired) electrons. The maximum Gasteiger partial charge on any atom is 0.164 e. The first-order chi connectivity index (χ1) is 18.8. The molecule has 3 heterocycles. The van der Waals surface area contributed by atoms with E-state index in [2.05, 4.69) is 97.1 Å². The van der Waals surface area contributed by atoms with Crippen molar-refractivity contribution in [2.75, 3.05) is 0 Å². The van der Waals surface area contributed by atoms with Gasteiger partial charge in [-0.1, -0.05) is 91.0 Å². The Labute approximate surface area is 226 Å². The summed E-state index contributed by atoms with van der Waals surface area (Å²) in [7, 11) is 0. The van der Waals surface area contributed by atoms with E-state index in [0.29, 0.717) is 17.5 Å². The lowest BCUT2D eigenvalue weighted by molar-refractivity contribution is 1.08. The molecule has 8 rings (SSSR count). The first kappa shape index (κ1) is 21.6. The summed E-state index contributed by atoms with van der Waals surface area (Å²) in [5.41, 5.74) is 3.04. The molecule has 0 fully saturated rings. The Morgan fingerprint density at radius 2 is 0.816 bits per heavy atom. The van der Waals surface area contributed by atoms with Crippen LogP contribution in [-0.4, -0.2) is 15.0 Å². The molecule has 5 heteroatoms. The number of hydrogen-bond donors (Lipinski definition) is 0. The third kappa shape index (κ3) is 3.36. The number of hydrogen-bond acceptors (Lipinski definition) is 5. The second-order valence-electron chi connectivity index (χ2n) is 9.23. The van der Waals surface area contributed by atoms with E-state index >= 15 is 0 Å². The minimum absolute atomic E-state index is 0.679. The van der Waals surface area contributed by atoms with E-state index in [0.717, 1.165) is 16.7 Å². The van der Waals surface area contributed by atoms with E-state index in [1.54, 1.807) is 22.7 Å². The van der Waals surface area contributed by atoms with Crippen LogP contribution in [0.15, 0.2) is 115 Å². The summed E-state index contributed by atoms with van der Waals surface area (Å²) in [6, 6.07) is 40.2. The molecule has 0 spiro atoms. The molecule has 8 aromatic rings. The summed E-state index contributed by atoms with van der Waals surface area (Å²) in [6.07, 6.45) is 0. The zero-order valence-electron chi connectivity index (χ0n) is 20.1. The molecular weight excluding hydrogens is 503 g/mol. The van der Waals surface area contributed by atoms with Crippen molar-refractivity contribution in [2.45, 2.75) is 0 Å². The van der Waals surface area contributed by atoms with Crippen LogP contribution in [0.1, 0.15) is 0 Å². The van der Waals surface area contributed by atoms with E-state index in [1.807, 2.05) is 18.2 Å². The molecule has 0 saturated carbocycles. The standard InChI is InChI=1S/C33H19N3S2/c1-2-10-20(11-3-1)31-34-32(23-14-8-18-27-29(23)21-12-4-6-16-25(21)37-27)36-33(35-31)24-15-9-19-28-30(24)22-13-5-7-17-26(22)38-28/h1-19H. The van der Waals surface area contributed by atoms with E-state index in [4.69, 9.17) is 15.0 Å². The number of benzene rings is 5. The van der Waals surface area contributed by atoms with E-state index < -0.39 is 0 Å². The predicted molar refractivity (Wildman–Crippen MR) is 162 cm³/mol. The molecule has 0 bridgehead atoms. The van der Waals surface area contributed by atoms with Crippen molar-refractivity contribution < 1.29 is 0 Å². The van der Waals surface area contributed by atoms with Crippen LogP contribution in [0.2, 0.25) is 0 Å². The fourth-order valence-corrected chi connectivity index (χ4v) is 7.52. The number of nitrogens with zero attached hydrogens (tertiary/aromatic N) is 3. The summed E-state index contributed by atoms with van der Waals surface area (Å²) in [4.78, 5) is 15.3. The Balaban J connectivity index is 1.46. The highest BCUT2D eigenvalue weighted by Gasteiger charge is 2.19. The Hall–Kier alpha value is -4.45. The second-order valence-corrected chi connectivity index (χ2v) is 11.4. The zero-order chi connectivity index (χ0) is 25.1. The van der Waals surface area contributed by atoms with Gasteiger partial charge in [-0.2, -0.15) is 0 Å². The predicted octanol–water partition coefficient (Wildman–Crippen LogP) is 9.61. The Bertz CT molecular complexity index is 2010. The quantitative estimate of drug-likeness (QED) is 0.232. The molecule has 0 aliphatic carbocycles. The van der Waals surface area contributed by atoms with Gasteiger partial charge in [-0.3, -0.25) is 0 Å². The normalized spacial score (nSPS) is 11.7. The highest BCUT2D eigenvalue weighted by Crippen LogP contribution is 2.41. The van der Waals surface area contributed by atoms with Gasteiger partial charge in [-0.15, -0.1) is 22.7 Å². The average molecular weight is 522 g/mol. The third-order valence-electron chi connectivity index (χ3n) is 6.95.